The van der Waals surface area contributed by atoms with Crippen molar-refractivity contribution in [3.8, 4) is 5.75 Å². The maximum atomic E-state index is 12.4. The van der Waals surface area contributed by atoms with E-state index < -0.39 is 17.7 Å². The van der Waals surface area contributed by atoms with Crippen molar-refractivity contribution in [2.75, 3.05) is 13.2 Å². The van der Waals surface area contributed by atoms with Crippen LogP contribution in [0.5, 0.6) is 5.75 Å². The van der Waals surface area contributed by atoms with Crippen LogP contribution in [0.2, 0.25) is 0 Å². The summed E-state index contributed by atoms with van der Waals surface area (Å²) in [5, 5.41) is 12.8. The lowest BCUT2D eigenvalue weighted by Gasteiger charge is -2.22. The average Bonchev–Trinajstić information content (AvgIpc) is 2.70. The van der Waals surface area contributed by atoms with Gasteiger partial charge in [-0.15, -0.1) is 0 Å². The Labute approximate surface area is 136 Å². The summed E-state index contributed by atoms with van der Waals surface area (Å²) in [5.74, 6) is 0.349. The van der Waals surface area contributed by atoms with Crippen LogP contribution >= 0.6 is 0 Å². The number of rotatable bonds is 7. The Morgan fingerprint density at radius 2 is 1.96 bits per heavy atom. The molecule has 0 radical (unpaired) electrons. The summed E-state index contributed by atoms with van der Waals surface area (Å²) < 4.78 is 5.48. The first-order valence-corrected chi connectivity index (χ1v) is 7.87. The van der Waals surface area contributed by atoms with Crippen LogP contribution < -0.4 is 10.1 Å². The molecule has 0 spiro atoms. The molecule has 1 aromatic carbocycles. The molecule has 6 heteroatoms. The summed E-state index contributed by atoms with van der Waals surface area (Å²) in [4.78, 5) is 25.4. The van der Waals surface area contributed by atoms with Crippen molar-refractivity contribution in [1.29, 1.82) is 0 Å². The Balaban J connectivity index is 1.89. The highest BCUT2D eigenvalue weighted by Crippen LogP contribution is 2.22. The molecule has 1 heterocycles. The summed E-state index contributed by atoms with van der Waals surface area (Å²) >= 11 is 0. The molecule has 0 aliphatic carbocycles. The smallest absolute Gasteiger partial charge is 0.325 e. The lowest BCUT2D eigenvalue weighted by Crippen LogP contribution is -2.44. The van der Waals surface area contributed by atoms with Crippen LogP contribution in [-0.4, -0.2) is 46.7 Å². The van der Waals surface area contributed by atoms with Gasteiger partial charge in [-0.25, -0.2) is 4.79 Å². The van der Waals surface area contributed by atoms with E-state index in [1.54, 1.807) is 6.92 Å². The second-order valence-corrected chi connectivity index (χ2v) is 6.21. The van der Waals surface area contributed by atoms with Crippen molar-refractivity contribution in [1.82, 2.24) is 10.2 Å². The maximum absolute atomic E-state index is 12.4. The SMILES string of the molecule is CCCC1(C)NC(=O)N(CC(O)COc2ccc(C)cc2)C1=O. The fourth-order valence-electron chi connectivity index (χ4n) is 2.67. The number of β-amino-alcohol motifs (C(OH)–C–C–N with tert-alkyl or cyclic N) is 1. The van der Waals surface area contributed by atoms with E-state index >= 15 is 0 Å². The predicted octanol–water partition coefficient (Wildman–Crippen LogP) is 1.85. The molecular weight excluding hydrogens is 296 g/mol. The molecule has 1 saturated heterocycles. The molecular formula is C17H24N2O4. The number of aryl methyl sites for hydroxylation is 1. The summed E-state index contributed by atoms with van der Waals surface area (Å²) in [5.41, 5.74) is 0.246. The molecule has 3 amide bonds. The van der Waals surface area contributed by atoms with Gasteiger partial charge in [-0.05, 0) is 32.4 Å². The number of hydrogen-bond acceptors (Lipinski definition) is 4. The Bertz CT molecular complexity index is 572. The molecule has 2 unspecified atom stereocenters. The van der Waals surface area contributed by atoms with Crippen LogP contribution in [0.15, 0.2) is 24.3 Å². The zero-order valence-electron chi connectivity index (χ0n) is 13.8. The van der Waals surface area contributed by atoms with Gasteiger partial charge in [0.2, 0.25) is 0 Å². The van der Waals surface area contributed by atoms with Gasteiger partial charge in [0.05, 0.1) is 6.54 Å². The van der Waals surface area contributed by atoms with E-state index in [2.05, 4.69) is 5.32 Å². The number of imide groups is 1. The summed E-state index contributed by atoms with van der Waals surface area (Å²) in [7, 11) is 0. The van der Waals surface area contributed by atoms with Crippen LogP contribution in [0.3, 0.4) is 0 Å². The molecule has 2 N–H and O–H groups in total. The topological polar surface area (TPSA) is 78.9 Å². The second-order valence-electron chi connectivity index (χ2n) is 6.21. The highest BCUT2D eigenvalue weighted by molar-refractivity contribution is 6.06. The zero-order chi connectivity index (χ0) is 17.0. The third-order valence-electron chi connectivity index (χ3n) is 3.95. The molecule has 1 fully saturated rings. The fraction of sp³-hybridized carbons (Fsp3) is 0.529. The van der Waals surface area contributed by atoms with Crippen LogP contribution in [-0.2, 0) is 4.79 Å². The number of benzene rings is 1. The van der Waals surface area contributed by atoms with Crippen LogP contribution in [0, 0.1) is 6.92 Å². The Hall–Kier alpha value is -2.08. The molecule has 2 atom stereocenters. The van der Waals surface area contributed by atoms with Gasteiger partial charge in [0.1, 0.15) is 24.0 Å². The lowest BCUT2D eigenvalue weighted by molar-refractivity contribution is -0.132. The van der Waals surface area contributed by atoms with E-state index in [0.29, 0.717) is 12.2 Å². The Morgan fingerprint density at radius 1 is 1.30 bits per heavy atom. The van der Waals surface area contributed by atoms with Gasteiger partial charge in [0, 0.05) is 0 Å². The van der Waals surface area contributed by atoms with Gasteiger partial charge in [0.25, 0.3) is 5.91 Å². The number of hydrogen-bond donors (Lipinski definition) is 2. The van der Waals surface area contributed by atoms with Crippen molar-refractivity contribution in [3.05, 3.63) is 29.8 Å². The van der Waals surface area contributed by atoms with Gasteiger partial charge in [-0.1, -0.05) is 31.0 Å². The second kappa shape index (κ2) is 7.00. The van der Waals surface area contributed by atoms with E-state index in [4.69, 9.17) is 4.74 Å². The maximum Gasteiger partial charge on any atom is 0.325 e. The van der Waals surface area contributed by atoms with Crippen molar-refractivity contribution in [2.45, 2.75) is 45.3 Å². The van der Waals surface area contributed by atoms with E-state index in [1.165, 1.54) is 0 Å². The number of amides is 3. The van der Waals surface area contributed by atoms with Crippen LogP contribution in [0.25, 0.3) is 0 Å². The van der Waals surface area contributed by atoms with Gasteiger partial charge in [-0.2, -0.15) is 0 Å². The van der Waals surface area contributed by atoms with Crippen LogP contribution in [0.1, 0.15) is 32.3 Å². The van der Waals surface area contributed by atoms with E-state index in [1.807, 2.05) is 38.1 Å². The normalized spacial score (nSPS) is 22.2. The summed E-state index contributed by atoms with van der Waals surface area (Å²) in [6.07, 6.45) is 0.425. The highest BCUT2D eigenvalue weighted by atomic mass is 16.5. The minimum atomic E-state index is -0.935. The molecule has 126 valence electrons. The number of ether oxygens (including phenoxy) is 1. The third-order valence-corrected chi connectivity index (χ3v) is 3.95. The lowest BCUT2D eigenvalue weighted by atomic mass is 9.96. The number of carbonyl (C=O) groups excluding carboxylic acids is 2. The number of carbonyl (C=O) groups is 2. The fourth-order valence-corrected chi connectivity index (χ4v) is 2.67. The largest absolute Gasteiger partial charge is 0.491 e. The first-order chi connectivity index (χ1) is 10.9. The number of urea groups is 1. The Kier molecular flexibility index (Phi) is 5.26. The first-order valence-electron chi connectivity index (χ1n) is 7.87. The zero-order valence-corrected chi connectivity index (χ0v) is 13.8. The highest BCUT2D eigenvalue weighted by Gasteiger charge is 2.47. The Morgan fingerprint density at radius 3 is 2.57 bits per heavy atom. The van der Waals surface area contributed by atoms with Gasteiger partial charge >= 0.3 is 6.03 Å². The molecule has 0 saturated carbocycles. The molecule has 2 rings (SSSR count). The molecule has 0 aromatic heterocycles. The quantitative estimate of drug-likeness (QED) is 0.752. The minimum absolute atomic E-state index is 0.0185. The van der Waals surface area contributed by atoms with Crippen molar-refractivity contribution < 1.29 is 19.4 Å². The molecule has 1 aliphatic rings. The number of nitrogens with one attached hydrogen (secondary N) is 1. The van der Waals surface area contributed by atoms with Crippen molar-refractivity contribution in [2.24, 2.45) is 0 Å². The number of aliphatic hydroxyl groups is 1. The molecule has 1 aromatic rings. The van der Waals surface area contributed by atoms with Gasteiger partial charge in [-0.3, -0.25) is 9.69 Å². The number of aliphatic hydroxyl groups excluding tert-OH is 1. The van der Waals surface area contributed by atoms with Crippen molar-refractivity contribution >= 4 is 11.9 Å². The van der Waals surface area contributed by atoms with Gasteiger partial charge < -0.3 is 15.2 Å². The first kappa shape index (κ1) is 17.3. The molecule has 1 aliphatic heterocycles. The van der Waals surface area contributed by atoms with E-state index in [9.17, 15) is 14.7 Å². The van der Waals surface area contributed by atoms with E-state index in [0.717, 1.165) is 16.9 Å². The third kappa shape index (κ3) is 4.01. The van der Waals surface area contributed by atoms with Gasteiger partial charge in [0.15, 0.2) is 0 Å². The predicted molar refractivity (Wildman–Crippen MR) is 86.2 cm³/mol. The average molecular weight is 320 g/mol. The molecule has 23 heavy (non-hydrogen) atoms. The minimum Gasteiger partial charge on any atom is -0.491 e. The monoisotopic (exact) mass is 320 g/mol. The summed E-state index contributed by atoms with van der Waals surface area (Å²) in [6, 6.07) is 6.99. The summed E-state index contributed by atoms with van der Waals surface area (Å²) in [6.45, 7) is 5.59. The molecule has 0 bridgehead atoms. The standard InChI is InChI=1S/C17H24N2O4/c1-4-9-17(3)15(21)19(16(22)18-17)10-13(20)11-23-14-7-5-12(2)6-8-14/h5-8,13,20H,4,9-11H2,1-3H3,(H,18,22). The van der Waals surface area contributed by atoms with Crippen molar-refractivity contribution in [3.63, 3.8) is 0 Å². The van der Waals surface area contributed by atoms with Crippen LogP contribution in [0.4, 0.5) is 4.79 Å². The number of nitrogens with zero attached hydrogens (tertiary/aromatic N) is 1. The van der Waals surface area contributed by atoms with E-state index in [-0.39, 0.29) is 19.1 Å². The molecule has 6 nitrogen and oxygen atoms in total.